The van der Waals surface area contributed by atoms with Gasteiger partial charge in [-0.2, -0.15) is 0 Å². The van der Waals surface area contributed by atoms with Gasteiger partial charge in [-0.3, -0.25) is 15.1 Å². The van der Waals surface area contributed by atoms with Crippen molar-refractivity contribution in [2.75, 3.05) is 0 Å². The average Bonchev–Trinajstić information content (AvgIpc) is 2.82. The normalized spacial score (nSPS) is 12.3. The van der Waals surface area contributed by atoms with Crippen LogP contribution in [0, 0.1) is 10.1 Å². The maximum atomic E-state index is 10.5. The fourth-order valence-electron chi connectivity index (χ4n) is 1.56. The molecule has 6 heteroatoms. The van der Waals surface area contributed by atoms with Crippen molar-refractivity contribution in [3.05, 3.63) is 58.7 Å². The van der Waals surface area contributed by atoms with Crippen molar-refractivity contribution in [2.24, 2.45) is 0 Å². The minimum atomic E-state index is -0.684. The molecule has 1 aromatic heterocycles. The Labute approximate surface area is 97.3 Å². The second-order valence-electron chi connectivity index (χ2n) is 3.67. The number of nitro benzene ring substituents is 1. The first kappa shape index (κ1) is 11.3. The number of aromatic amines is 1. The average molecular weight is 234 g/mol. The number of rotatable bonds is 4. The van der Waals surface area contributed by atoms with Gasteiger partial charge in [-0.25, -0.2) is 4.57 Å². The highest BCUT2D eigenvalue weighted by Crippen LogP contribution is 2.17. The Bertz CT molecular complexity index is 493. The lowest BCUT2D eigenvalue weighted by Crippen LogP contribution is -2.34. The third-order valence-corrected chi connectivity index (χ3v) is 2.48. The number of nitrogens with zero attached hydrogens (tertiary/aromatic N) is 2. The lowest BCUT2D eigenvalue weighted by molar-refractivity contribution is -0.703. The number of H-pyrrole nitrogens is 1. The highest BCUT2D eigenvalue weighted by atomic mass is 16.6. The smallest absolute Gasteiger partial charge is 0.269 e. The molecule has 0 aliphatic heterocycles. The number of non-ortho nitro benzene ring substituents is 1. The zero-order valence-corrected chi connectivity index (χ0v) is 8.98. The molecule has 88 valence electrons. The predicted molar refractivity (Wildman–Crippen MR) is 59.0 cm³/mol. The molecule has 1 heterocycles. The quantitative estimate of drug-likeness (QED) is 0.469. The van der Waals surface area contributed by atoms with Gasteiger partial charge in [0.25, 0.3) is 5.69 Å². The molecular weight excluding hydrogens is 222 g/mol. The van der Waals surface area contributed by atoms with Crippen LogP contribution in [-0.2, 0) is 6.54 Å². The zero-order valence-electron chi connectivity index (χ0n) is 8.98. The van der Waals surface area contributed by atoms with Gasteiger partial charge in [-0.1, -0.05) is 0 Å². The molecule has 0 aliphatic rings. The predicted octanol–water partition coefficient (Wildman–Crippen LogP) is 0.944. The second kappa shape index (κ2) is 4.75. The number of benzene rings is 1. The summed E-state index contributed by atoms with van der Waals surface area (Å²) in [6.45, 7) is 0.404. The molecule has 2 aromatic rings. The van der Waals surface area contributed by atoms with Gasteiger partial charge in [-0.05, 0) is 17.7 Å². The van der Waals surface area contributed by atoms with Gasteiger partial charge in [0.1, 0.15) is 25.0 Å². The maximum Gasteiger partial charge on any atom is 0.269 e. The van der Waals surface area contributed by atoms with Gasteiger partial charge in [0.15, 0.2) is 0 Å². The maximum absolute atomic E-state index is 10.5. The third kappa shape index (κ3) is 2.67. The summed E-state index contributed by atoms with van der Waals surface area (Å²) in [5, 5.41) is 20.4. The van der Waals surface area contributed by atoms with E-state index in [9.17, 15) is 15.2 Å². The van der Waals surface area contributed by atoms with E-state index in [-0.39, 0.29) is 5.69 Å². The van der Waals surface area contributed by atoms with Crippen LogP contribution in [0.5, 0.6) is 0 Å². The molecule has 0 radical (unpaired) electrons. The molecule has 2 rings (SSSR count). The van der Waals surface area contributed by atoms with Gasteiger partial charge in [0.05, 0.1) is 4.92 Å². The second-order valence-corrected chi connectivity index (χ2v) is 3.67. The summed E-state index contributed by atoms with van der Waals surface area (Å²) in [5.41, 5.74) is 0.680. The minimum absolute atomic E-state index is 0.0234. The van der Waals surface area contributed by atoms with Crippen LogP contribution in [0.2, 0.25) is 0 Å². The molecule has 0 saturated carbocycles. The Morgan fingerprint density at radius 2 is 2.12 bits per heavy atom. The van der Waals surface area contributed by atoms with Crippen LogP contribution in [-0.4, -0.2) is 15.0 Å². The molecule has 1 atom stereocenters. The lowest BCUT2D eigenvalue weighted by Gasteiger charge is -2.07. The third-order valence-electron chi connectivity index (χ3n) is 2.48. The number of hydrogen-bond acceptors (Lipinski definition) is 3. The van der Waals surface area contributed by atoms with Gasteiger partial charge >= 0.3 is 0 Å². The number of aromatic nitrogens is 2. The van der Waals surface area contributed by atoms with Crippen molar-refractivity contribution in [2.45, 2.75) is 12.6 Å². The SMILES string of the molecule is O=[N+]([O-])c1ccc([C@@H](O)C[n+]2cc[nH]c2)cc1. The van der Waals surface area contributed by atoms with E-state index < -0.39 is 11.0 Å². The van der Waals surface area contributed by atoms with Crippen molar-refractivity contribution >= 4 is 5.69 Å². The first-order valence-electron chi connectivity index (χ1n) is 5.11. The van der Waals surface area contributed by atoms with E-state index in [1.54, 1.807) is 35.4 Å². The number of nitro groups is 1. The Morgan fingerprint density at radius 3 is 2.65 bits per heavy atom. The van der Waals surface area contributed by atoms with E-state index in [2.05, 4.69) is 4.98 Å². The zero-order chi connectivity index (χ0) is 12.3. The first-order valence-corrected chi connectivity index (χ1v) is 5.11. The topological polar surface area (TPSA) is 83.0 Å². The Kier molecular flexibility index (Phi) is 3.15. The van der Waals surface area contributed by atoms with E-state index in [1.807, 2.05) is 0 Å². The molecule has 2 N–H and O–H groups in total. The van der Waals surface area contributed by atoms with Gasteiger partial charge in [-0.15, -0.1) is 0 Å². The number of hydrogen-bond donors (Lipinski definition) is 2. The van der Waals surface area contributed by atoms with Gasteiger partial charge in [0, 0.05) is 12.1 Å². The summed E-state index contributed by atoms with van der Waals surface area (Å²) >= 11 is 0. The monoisotopic (exact) mass is 234 g/mol. The summed E-state index contributed by atoms with van der Waals surface area (Å²) in [5.74, 6) is 0. The Hall–Kier alpha value is -2.21. The van der Waals surface area contributed by atoms with E-state index in [1.165, 1.54) is 12.1 Å². The fraction of sp³-hybridized carbons (Fsp3) is 0.182. The minimum Gasteiger partial charge on any atom is -0.384 e. The van der Waals surface area contributed by atoms with Crippen molar-refractivity contribution in [1.82, 2.24) is 4.98 Å². The van der Waals surface area contributed by atoms with E-state index in [4.69, 9.17) is 0 Å². The van der Waals surface area contributed by atoms with Crippen LogP contribution in [0.3, 0.4) is 0 Å². The molecule has 1 aromatic carbocycles. The Balaban J connectivity index is 2.09. The largest absolute Gasteiger partial charge is 0.384 e. The Morgan fingerprint density at radius 1 is 1.41 bits per heavy atom. The van der Waals surface area contributed by atoms with E-state index in [0.717, 1.165) is 0 Å². The molecule has 6 nitrogen and oxygen atoms in total. The number of nitrogens with one attached hydrogen (secondary N) is 1. The molecule has 0 aliphatic carbocycles. The highest BCUT2D eigenvalue weighted by molar-refractivity contribution is 5.33. The van der Waals surface area contributed by atoms with Crippen LogP contribution in [0.4, 0.5) is 5.69 Å². The van der Waals surface area contributed by atoms with Crippen LogP contribution >= 0.6 is 0 Å². The molecular formula is C11H12N3O3+. The van der Waals surface area contributed by atoms with Crippen LogP contribution in [0.1, 0.15) is 11.7 Å². The van der Waals surface area contributed by atoms with E-state index in [0.29, 0.717) is 12.1 Å². The fourth-order valence-corrected chi connectivity index (χ4v) is 1.56. The molecule has 0 amide bonds. The summed E-state index contributed by atoms with van der Waals surface area (Å²) in [4.78, 5) is 12.9. The van der Waals surface area contributed by atoms with Crippen LogP contribution < -0.4 is 4.57 Å². The van der Waals surface area contributed by atoms with Crippen molar-refractivity contribution < 1.29 is 14.6 Å². The number of imidazole rings is 1. The van der Waals surface area contributed by atoms with Crippen molar-refractivity contribution in [1.29, 1.82) is 0 Å². The molecule has 0 unspecified atom stereocenters. The van der Waals surface area contributed by atoms with Crippen LogP contribution in [0.25, 0.3) is 0 Å². The molecule has 0 spiro atoms. The van der Waals surface area contributed by atoms with Crippen molar-refractivity contribution in [3.63, 3.8) is 0 Å². The number of aliphatic hydroxyl groups is 1. The molecule has 0 saturated heterocycles. The van der Waals surface area contributed by atoms with Gasteiger partial charge in [0.2, 0.25) is 6.33 Å². The summed E-state index contributed by atoms with van der Waals surface area (Å²) in [6.07, 6.45) is 4.60. The summed E-state index contributed by atoms with van der Waals surface area (Å²) in [6, 6.07) is 5.91. The molecule has 0 fully saturated rings. The first-order chi connectivity index (χ1) is 8.16. The molecule has 17 heavy (non-hydrogen) atoms. The number of aliphatic hydroxyl groups excluding tert-OH is 1. The summed E-state index contributed by atoms with van der Waals surface area (Å²) in [7, 11) is 0. The summed E-state index contributed by atoms with van der Waals surface area (Å²) < 4.78 is 1.80. The van der Waals surface area contributed by atoms with Crippen LogP contribution in [0.15, 0.2) is 43.0 Å². The highest BCUT2D eigenvalue weighted by Gasteiger charge is 2.13. The van der Waals surface area contributed by atoms with E-state index >= 15 is 0 Å². The van der Waals surface area contributed by atoms with Crippen molar-refractivity contribution in [3.8, 4) is 0 Å². The van der Waals surface area contributed by atoms with Gasteiger partial charge < -0.3 is 5.11 Å². The molecule has 0 bridgehead atoms. The lowest BCUT2D eigenvalue weighted by atomic mass is 10.1. The standard InChI is InChI=1S/C11H11N3O3/c15-11(7-13-6-5-12-8-13)9-1-3-10(4-2-9)14(16)17/h1-6,8,11,15H,7H2/p+1/t11-/m0/s1.